The Balaban J connectivity index is 1.24. The highest BCUT2D eigenvalue weighted by molar-refractivity contribution is 5.39. The van der Waals surface area contributed by atoms with Crippen molar-refractivity contribution in [2.45, 2.75) is 123 Å². The maximum atomic E-state index is 14.9. The minimum Gasteiger partial charge on any atom is -0.490 e. The lowest BCUT2D eigenvalue weighted by molar-refractivity contribution is 0.0200. The highest BCUT2D eigenvalue weighted by atomic mass is 19.2. The Hall–Kier alpha value is -1.16. The van der Waals surface area contributed by atoms with Crippen LogP contribution in [-0.4, -0.2) is 12.7 Å². The molecule has 4 heteroatoms. The van der Waals surface area contributed by atoms with E-state index in [9.17, 15) is 8.78 Å². The van der Waals surface area contributed by atoms with E-state index in [1.165, 1.54) is 51.4 Å². The van der Waals surface area contributed by atoms with E-state index >= 15 is 0 Å². The predicted octanol–water partition coefficient (Wildman–Crippen LogP) is 8.78. The lowest BCUT2D eigenvalue weighted by Gasteiger charge is -2.37. The molecule has 0 amide bonds. The Bertz CT molecular complexity index is 764. The minimum atomic E-state index is -0.814. The molecule has 1 aliphatic heterocycles. The van der Waals surface area contributed by atoms with E-state index in [2.05, 4.69) is 13.8 Å². The van der Waals surface area contributed by atoms with Gasteiger partial charge in [0, 0.05) is 6.42 Å². The van der Waals surface area contributed by atoms with Crippen LogP contribution in [0.1, 0.15) is 115 Å². The van der Waals surface area contributed by atoms with Crippen molar-refractivity contribution in [3.63, 3.8) is 0 Å². The van der Waals surface area contributed by atoms with Crippen LogP contribution in [0.3, 0.4) is 0 Å². The van der Waals surface area contributed by atoms with E-state index in [4.69, 9.17) is 9.47 Å². The van der Waals surface area contributed by atoms with Gasteiger partial charge in [0.25, 0.3) is 0 Å². The van der Waals surface area contributed by atoms with Crippen molar-refractivity contribution in [2.24, 2.45) is 23.7 Å². The number of rotatable bonds is 10. The summed E-state index contributed by atoms with van der Waals surface area (Å²) in [7, 11) is 0. The number of unbranched alkanes of at least 4 members (excludes halogenated alkanes) is 2. The number of ether oxygens (including phenoxy) is 2. The number of benzene rings is 1. The maximum absolute atomic E-state index is 14.9. The van der Waals surface area contributed by atoms with Gasteiger partial charge < -0.3 is 9.47 Å². The van der Waals surface area contributed by atoms with Crippen LogP contribution in [0.25, 0.3) is 0 Å². The van der Waals surface area contributed by atoms with Crippen molar-refractivity contribution in [1.29, 1.82) is 0 Å². The standard InChI is InChI=1S/C30H46F2O2/c1-3-5-6-8-26-18-27-25(20-33-26)17-28(30(32)29(27)31)34-19-22-11-15-24(16-12-22)23-13-9-21(7-4-2)10-14-23/h17,21-24,26H,3-16,18-20H2,1-2H3. The van der Waals surface area contributed by atoms with Crippen LogP contribution in [0.2, 0.25) is 0 Å². The van der Waals surface area contributed by atoms with E-state index < -0.39 is 11.6 Å². The van der Waals surface area contributed by atoms with Gasteiger partial charge in [0.1, 0.15) is 0 Å². The number of fused-ring (bicyclic) bond motifs is 1. The molecule has 0 saturated heterocycles. The summed E-state index contributed by atoms with van der Waals surface area (Å²) in [5, 5.41) is 0. The third-order valence-electron chi connectivity index (χ3n) is 9.02. The predicted molar refractivity (Wildman–Crippen MR) is 134 cm³/mol. The zero-order chi connectivity index (χ0) is 23.9. The summed E-state index contributed by atoms with van der Waals surface area (Å²) in [4.78, 5) is 0. The quantitative estimate of drug-likeness (QED) is 0.314. The van der Waals surface area contributed by atoms with Gasteiger partial charge in [-0.3, -0.25) is 0 Å². The van der Waals surface area contributed by atoms with Crippen molar-refractivity contribution in [1.82, 2.24) is 0 Å². The summed E-state index contributed by atoms with van der Waals surface area (Å²) >= 11 is 0. The monoisotopic (exact) mass is 476 g/mol. The third kappa shape index (κ3) is 6.53. The van der Waals surface area contributed by atoms with E-state index in [0.29, 0.717) is 31.1 Å². The Morgan fingerprint density at radius 1 is 0.824 bits per heavy atom. The van der Waals surface area contributed by atoms with Crippen LogP contribution in [-0.2, 0) is 17.8 Å². The van der Waals surface area contributed by atoms with E-state index in [1.807, 2.05) is 0 Å². The molecule has 1 atom stereocenters. The second kappa shape index (κ2) is 12.7. The second-order valence-electron chi connectivity index (χ2n) is 11.4. The molecular weight excluding hydrogens is 430 g/mol. The summed E-state index contributed by atoms with van der Waals surface area (Å²) in [6, 6.07) is 1.69. The molecule has 0 radical (unpaired) electrons. The highest BCUT2D eigenvalue weighted by Gasteiger charge is 2.31. The van der Waals surface area contributed by atoms with Gasteiger partial charge in [-0.25, -0.2) is 4.39 Å². The van der Waals surface area contributed by atoms with Gasteiger partial charge in [-0.2, -0.15) is 4.39 Å². The van der Waals surface area contributed by atoms with Gasteiger partial charge in [0.2, 0.25) is 5.82 Å². The van der Waals surface area contributed by atoms with Crippen molar-refractivity contribution in [2.75, 3.05) is 6.61 Å². The lowest BCUT2D eigenvalue weighted by atomic mass is 9.69. The zero-order valence-corrected chi connectivity index (χ0v) is 21.6. The fraction of sp³-hybridized carbons (Fsp3) is 0.800. The van der Waals surface area contributed by atoms with Gasteiger partial charge in [-0.15, -0.1) is 0 Å². The van der Waals surface area contributed by atoms with Crippen molar-refractivity contribution in [3.8, 4) is 5.75 Å². The first kappa shape index (κ1) is 25.9. The minimum absolute atomic E-state index is 0.00315. The summed E-state index contributed by atoms with van der Waals surface area (Å²) in [6.45, 7) is 5.31. The summed E-state index contributed by atoms with van der Waals surface area (Å²) in [5.41, 5.74) is 1.25. The fourth-order valence-electron chi connectivity index (χ4n) is 6.84. The molecule has 0 spiro atoms. The normalized spacial score (nSPS) is 29.6. The van der Waals surface area contributed by atoms with Gasteiger partial charge in [-0.05, 0) is 85.8 Å². The molecule has 2 fully saturated rings. The van der Waals surface area contributed by atoms with Gasteiger partial charge in [-0.1, -0.05) is 58.8 Å². The van der Waals surface area contributed by atoms with Crippen LogP contribution in [0.15, 0.2) is 6.07 Å². The average Bonchev–Trinajstić information content (AvgIpc) is 2.87. The topological polar surface area (TPSA) is 18.5 Å². The van der Waals surface area contributed by atoms with Crippen molar-refractivity contribution >= 4 is 0 Å². The lowest BCUT2D eigenvalue weighted by Crippen LogP contribution is -2.28. The maximum Gasteiger partial charge on any atom is 0.200 e. The molecule has 0 bridgehead atoms. The molecule has 3 aliphatic rings. The Morgan fingerprint density at radius 2 is 1.50 bits per heavy atom. The van der Waals surface area contributed by atoms with Crippen LogP contribution in [0.4, 0.5) is 8.78 Å². The molecule has 4 rings (SSSR count). The fourth-order valence-corrected chi connectivity index (χ4v) is 6.84. The largest absolute Gasteiger partial charge is 0.490 e. The number of hydrogen-bond acceptors (Lipinski definition) is 2. The molecule has 1 heterocycles. The van der Waals surface area contributed by atoms with Crippen LogP contribution in [0, 0.1) is 35.3 Å². The molecule has 192 valence electrons. The van der Waals surface area contributed by atoms with E-state index in [0.717, 1.165) is 61.8 Å². The second-order valence-corrected chi connectivity index (χ2v) is 11.4. The summed E-state index contributed by atoms with van der Waals surface area (Å²) in [6.07, 6.45) is 18.0. The Labute approximate surface area is 206 Å². The van der Waals surface area contributed by atoms with Gasteiger partial charge in [0.15, 0.2) is 11.6 Å². The molecule has 2 nitrogen and oxygen atoms in total. The van der Waals surface area contributed by atoms with Crippen molar-refractivity contribution in [3.05, 3.63) is 28.8 Å². The summed E-state index contributed by atoms with van der Waals surface area (Å²) in [5.74, 6) is 1.72. The molecule has 1 aromatic carbocycles. The first-order valence-corrected chi connectivity index (χ1v) is 14.3. The van der Waals surface area contributed by atoms with Crippen LogP contribution in [0.5, 0.6) is 5.75 Å². The molecule has 1 aromatic rings. The average molecular weight is 477 g/mol. The Morgan fingerprint density at radius 3 is 2.15 bits per heavy atom. The molecular formula is C30H46F2O2. The van der Waals surface area contributed by atoms with E-state index in [1.54, 1.807) is 6.07 Å². The third-order valence-corrected chi connectivity index (χ3v) is 9.02. The summed E-state index contributed by atoms with van der Waals surface area (Å²) < 4.78 is 41.5. The van der Waals surface area contributed by atoms with Gasteiger partial charge >= 0.3 is 0 Å². The van der Waals surface area contributed by atoms with Crippen LogP contribution >= 0.6 is 0 Å². The molecule has 1 unspecified atom stereocenters. The molecule has 34 heavy (non-hydrogen) atoms. The Kier molecular flexibility index (Phi) is 9.68. The number of halogens is 2. The van der Waals surface area contributed by atoms with Crippen LogP contribution < -0.4 is 4.74 Å². The van der Waals surface area contributed by atoms with Crippen molar-refractivity contribution < 1.29 is 18.3 Å². The zero-order valence-electron chi connectivity index (χ0n) is 21.6. The molecule has 0 N–H and O–H groups in total. The van der Waals surface area contributed by atoms with E-state index in [-0.39, 0.29) is 11.9 Å². The highest BCUT2D eigenvalue weighted by Crippen LogP contribution is 2.42. The molecule has 0 aromatic heterocycles. The smallest absolute Gasteiger partial charge is 0.200 e. The molecule has 2 aliphatic carbocycles. The van der Waals surface area contributed by atoms with Gasteiger partial charge in [0.05, 0.1) is 19.3 Å². The SMILES string of the molecule is CCCCCC1Cc2c(cc(OCC3CCC(C4CCC(CCC)CC4)CC3)c(F)c2F)CO1. The first-order valence-electron chi connectivity index (χ1n) is 14.3. The molecule has 2 saturated carbocycles. The first-order chi connectivity index (χ1) is 16.6. The number of hydrogen-bond donors (Lipinski definition) is 0.